The van der Waals surface area contributed by atoms with Gasteiger partial charge in [0.15, 0.2) is 12.0 Å². The van der Waals surface area contributed by atoms with Crippen molar-refractivity contribution in [2.75, 3.05) is 0 Å². The molecule has 1 atom stereocenters. The number of aliphatic imine (C=N–C) groups is 2. The number of hydrogen-bond acceptors (Lipinski definition) is 4. The van der Waals surface area contributed by atoms with Crippen molar-refractivity contribution in [3.05, 3.63) is 217 Å². The summed E-state index contributed by atoms with van der Waals surface area (Å²) in [6.45, 7) is 0. The van der Waals surface area contributed by atoms with Crippen LogP contribution in [-0.2, 0) is 0 Å². The first kappa shape index (κ1) is 33.7. The van der Waals surface area contributed by atoms with Crippen molar-refractivity contribution in [2.45, 2.75) is 6.17 Å². The molecule has 6 heteroatoms. The topological polar surface area (TPSA) is 59.8 Å². The highest BCUT2D eigenvalue weighted by Crippen LogP contribution is 2.44. The number of amidine groups is 2. The second-order valence-corrected chi connectivity index (χ2v) is 15.8. The maximum atomic E-state index is 6.96. The van der Waals surface area contributed by atoms with E-state index in [0.717, 1.165) is 77.6 Å². The van der Waals surface area contributed by atoms with Crippen LogP contribution in [0.15, 0.2) is 215 Å². The smallest absolute Gasteiger partial charge is 0.159 e. The molecule has 1 aliphatic rings. The van der Waals surface area contributed by atoms with Crippen LogP contribution in [0, 0.1) is 0 Å². The molecule has 0 bridgehead atoms. The molecule has 13 rings (SSSR count). The summed E-state index contributed by atoms with van der Waals surface area (Å²) in [7, 11) is 0. The lowest BCUT2D eigenvalue weighted by Gasteiger charge is -2.24. The molecule has 12 aromatic rings. The van der Waals surface area contributed by atoms with Gasteiger partial charge in [-0.3, -0.25) is 0 Å². The van der Waals surface area contributed by atoms with Crippen molar-refractivity contribution in [1.29, 1.82) is 0 Å². The minimum atomic E-state index is -0.451. The lowest BCUT2D eigenvalue weighted by atomic mass is 9.98. The van der Waals surface area contributed by atoms with E-state index in [4.69, 9.17) is 14.4 Å². The molecule has 61 heavy (non-hydrogen) atoms. The first-order valence-electron chi connectivity index (χ1n) is 20.7. The van der Waals surface area contributed by atoms with Crippen molar-refractivity contribution >= 4 is 88.0 Å². The fourth-order valence-electron chi connectivity index (χ4n) is 9.70. The first-order valence-corrected chi connectivity index (χ1v) is 20.7. The van der Waals surface area contributed by atoms with E-state index in [0.29, 0.717) is 5.84 Å². The zero-order valence-electron chi connectivity index (χ0n) is 32.8. The van der Waals surface area contributed by atoms with E-state index in [9.17, 15) is 0 Å². The number of nitrogens with one attached hydrogen (secondary N) is 1. The standard InChI is InChI=1S/C55H35N5O/c1-4-16-34(17-5-1)53-56-54(35-18-6-2-7-19-35)58-55(57-53)43-32-36-20-10-11-23-39(36)49-42-33-38(28-31-48(42)61-52(43)49)60-45-27-15-13-25-41(45)51-47(60)30-29-46-50(51)40-24-12-14-26-44(40)59(46)37-21-8-3-9-22-37/h1-33,55H,(H,56,57,58). The van der Waals surface area contributed by atoms with Gasteiger partial charge < -0.3 is 18.9 Å². The Morgan fingerprint density at radius 2 is 1.02 bits per heavy atom. The van der Waals surface area contributed by atoms with Gasteiger partial charge >= 0.3 is 0 Å². The van der Waals surface area contributed by atoms with Crippen LogP contribution in [0.1, 0.15) is 22.9 Å². The van der Waals surface area contributed by atoms with Gasteiger partial charge in [-0.1, -0.05) is 140 Å². The minimum absolute atomic E-state index is 0.451. The van der Waals surface area contributed by atoms with Gasteiger partial charge in [0, 0.05) is 60.4 Å². The summed E-state index contributed by atoms with van der Waals surface area (Å²) in [4.78, 5) is 10.3. The number of fused-ring (bicyclic) bond motifs is 12. The molecule has 0 radical (unpaired) electrons. The van der Waals surface area contributed by atoms with Crippen LogP contribution in [0.4, 0.5) is 0 Å². The number of para-hydroxylation sites is 3. The van der Waals surface area contributed by atoms with Crippen LogP contribution in [0.5, 0.6) is 0 Å². The number of rotatable bonds is 5. The highest BCUT2D eigenvalue weighted by atomic mass is 16.3. The Hall–Kier alpha value is -8.22. The molecule has 0 saturated carbocycles. The van der Waals surface area contributed by atoms with Crippen molar-refractivity contribution in [3.63, 3.8) is 0 Å². The molecule has 4 heterocycles. The summed E-state index contributed by atoms with van der Waals surface area (Å²) >= 11 is 0. The van der Waals surface area contributed by atoms with Crippen molar-refractivity contribution in [1.82, 2.24) is 14.5 Å². The fourth-order valence-corrected chi connectivity index (χ4v) is 9.70. The molecule has 6 nitrogen and oxygen atoms in total. The van der Waals surface area contributed by atoms with Crippen LogP contribution >= 0.6 is 0 Å². The highest BCUT2D eigenvalue weighted by molar-refractivity contribution is 6.29. The van der Waals surface area contributed by atoms with Crippen LogP contribution in [0.3, 0.4) is 0 Å². The summed E-state index contributed by atoms with van der Waals surface area (Å²) in [5, 5.41) is 13.0. The zero-order valence-corrected chi connectivity index (χ0v) is 32.8. The van der Waals surface area contributed by atoms with Crippen LogP contribution in [0.25, 0.3) is 87.7 Å². The molecule has 3 aromatic heterocycles. The quantitative estimate of drug-likeness (QED) is 0.189. The molecule has 1 N–H and O–H groups in total. The summed E-state index contributed by atoms with van der Waals surface area (Å²) < 4.78 is 11.8. The maximum absolute atomic E-state index is 6.96. The van der Waals surface area contributed by atoms with E-state index >= 15 is 0 Å². The van der Waals surface area contributed by atoms with E-state index < -0.39 is 6.17 Å². The summed E-state index contributed by atoms with van der Waals surface area (Å²) in [6.07, 6.45) is -0.451. The average Bonchev–Trinajstić information content (AvgIpc) is 4.00. The molecule has 0 aliphatic carbocycles. The fraction of sp³-hybridized carbons (Fsp3) is 0.0182. The predicted molar refractivity (Wildman–Crippen MR) is 252 cm³/mol. The van der Waals surface area contributed by atoms with E-state index in [1.807, 2.05) is 36.4 Å². The van der Waals surface area contributed by atoms with Gasteiger partial charge in [0.2, 0.25) is 0 Å². The average molecular weight is 782 g/mol. The number of furan rings is 1. The largest absolute Gasteiger partial charge is 0.456 e. The van der Waals surface area contributed by atoms with E-state index in [1.165, 1.54) is 32.6 Å². The van der Waals surface area contributed by atoms with Gasteiger partial charge in [-0.25, -0.2) is 9.98 Å². The van der Waals surface area contributed by atoms with E-state index in [1.54, 1.807) is 0 Å². The highest BCUT2D eigenvalue weighted by Gasteiger charge is 2.27. The lowest BCUT2D eigenvalue weighted by molar-refractivity contribution is 0.629. The Morgan fingerprint density at radius 3 is 1.70 bits per heavy atom. The molecule has 286 valence electrons. The van der Waals surface area contributed by atoms with Crippen molar-refractivity contribution in [2.24, 2.45) is 9.98 Å². The SMILES string of the molecule is c1ccc(C2=NC(c3cc4ccccc4c4c3oc3ccc(-n5c6ccccc6c6c7c8ccccc8n(-c8ccccc8)c7ccc65)cc34)NC(c3ccccc3)=N2)cc1. The van der Waals surface area contributed by atoms with Crippen LogP contribution in [-0.4, -0.2) is 20.8 Å². The Kier molecular flexibility index (Phi) is 7.27. The van der Waals surface area contributed by atoms with Gasteiger partial charge in [-0.15, -0.1) is 0 Å². The monoisotopic (exact) mass is 781 g/mol. The predicted octanol–water partition coefficient (Wildman–Crippen LogP) is 13.4. The maximum Gasteiger partial charge on any atom is 0.159 e. The van der Waals surface area contributed by atoms with Crippen LogP contribution < -0.4 is 5.32 Å². The molecule has 1 aliphatic heterocycles. The summed E-state index contributed by atoms with van der Waals surface area (Å²) in [6, 6.07) is 70.8. The third kappa shape index (κ3) is 5.09. The van der Waals surface area contributed by atoms with Gasteiger partial charge in [-0.2, -0.15) is 0 Å². The zero-order chi connectivity index (χ0) is 40.0. The lowest BCUT2D eigenvalue weighted by Crippen LogP contribution is -2.33. The molecular formula is C55H35N5O. The van der Waals surface area contributed by atoms with Gasteiger partial charge in [0.1, 0.15) is 17.0 Å². The molecular weight excluding hydrogens is 747 g/mol. The van der Waals surface area contributed by atoms with E-state index in [-0.39, 0.29) is 0 Å². The minimum Gasteiger partial charge on any atom is -0.456 e. The first-order chi connectivity index (χ1) is 30.3. The Balaban J connectivity index is 1.05. The van der Waals surface area contributed by atoms with Crippen molar-refractivity contribution < 1.29 is 4.42 Å². The van der Waals surface area contributed by atoms with E-state index in [2.05, 4.69) is 178 Å². The second-order valence-electron chi connectivity index (χ2n) is 15.8. The number of hydrogen-bond donors (Lipinski definition) is 1. The molecule has 0 saturated heterocycles. The second kappa shape index (κ2) is 13.1. The molecule has 1 unspecified atom stereocenters. The molecule has 0 spiro atoms. The Morgan fingerprint density at radius 1 is 0.443 bits per heavy atom. The van der Waals surface area contributed by atoms with Gasteiger partial charge in [0.05, 0.1) is 22.1 Å². The van der Waals surface area contributed by atoms with Gasteiger partial charge in [0.25, 0.3) is 0 Å². The number of nitrogens with zero attached hydrogens (tertiary/aromatic N) is 4. The number of aromatic nitrogens is 2. The Labute approximate surface area is 349 Å². The number of benzene rings is 9. The normalized spacial score (nSPS) is 14.4. The van der Waals surface area contributed by atoms with Crippen molar-refractivity contribution in [3.8, 4) is 11.4 Å². The summed E-state index contributed by atoms with van der Waals surface area (Å²) in [5.41, 5.74) is 11.5. The Bertz CT molecular complexity index is 3780. The summed E-state index contributed by atoms with van der Waals surface area (Å²) in [5.74, 6) is 1.45. The third-order valence-electron chi connectivity index (χ3n) is 12.3. The molecule has 0 fully saturated rings. The van der Waals surface area contributed by atoms with Gasteiger partial charge in [-0.05, 0) is 71.4 Å². The van der Waals surface area contributed by atoms with Crippen LogP contribution in [0.2, 0.25) is 0 Å². The molecule has 9 aromatic carbocycles. The third-order valence-corrected chi connectivity index (χ3v) is 12.3. The molecule has 0 amide bonds.